The number of aromatic nitrogens is 1. The third-order valence-corrected chi connectivity index (χ3v) is 3.49. The molecule has 0 saturated carbocycles. The van der Waals surface area contributed by atoms with E-state index in [0.717, 1.165) is 25.9 Å². The lowest BCUT2D eigenvalue weighted by Gasteiger charge is -2.15. The van der Waals surface area contributed by atoms with Gasteiger partial charge < -0.3 is 14.6 Å². The van der Waals surface area contributed by atoms with Gasteiger partial charge >= 0.3 is 5.97 Å². The second kappa shape index (κ2) is 4.84. The number of aryl methyl sites for hydroxylation is 2. The summed E-state index contributed by atoms with van der Waals surface area (Å²) in [7, 11) is 1.78. The molecule has 0 radical (unpaired) electrons. The fraction of sp³-hybridized carbons (Fsp3) is 0.538. The zero-order valence-corrected chi connectivity index (χ0v) is 10.8. The molecular weight excluding hydrogens is 232 g/mol. The van der Waals surface area contributed by atoms with Crippen LogP contribution in [0.2, 0.25) is 0 Å². The van der Waals surface area contributed by atoms with Crippen LogP contribution in [0, 0.1) is 6.92 Å². The van der Waals surface area contributed by atoms with Crippen LogP contribution in [0.5, 0.6) is 0 Å². The molecule has 2 rings (SSSR count). The predicted molar refractivity (Wildman–Crippen MR) is 66.6 cm³/mol. The maximum absolute atomic E-state index is 12.1. The summed E-state index contributed by atoms with van der Waals surface area (Å²) in [6, 6.07) is 0. The summed E-state index contributed by atoms with van der Waals surface area (Å²) in [5.74, 6) is -0.937. The number of carboxylic acid groups (broad SMARTS) is 1. The smallest absolute Gasteiger partial charge is 0.337 e. The number of carboxylic acids is 1. The highest BCUT2D eigenvalue weighted by Gasteiger charge is 2.23. The molecule has 1 aromatic rings. The van der Waals surface area contributed by atoms with Crippen molar-refractivity contribution in [2.75, 3.05) is 13.1 Å². The summed E-state index contributed by atoms with van der Waals surface area (Å²) in [5.41, 5.74) is 1.57. The number of hydrogen-bond donors (Lipinski definition) is 1. The van der Waals surface area contributed by atoms with Crippen molar-refractivity contribution in [2.24, 2.45) is 7.05 Å². The summed E-state index contributed by atoms with van der Waals surface area (Å²) in [4.78, 5) is 25.1. The molecule has 18 heavy (non-hydrogen) atoms. The highest BCUT2D eigenvalue weighted by molar-refractivity contribution is 5.93. The molecule has 1 fully saturated rings. The lowest BCUT2D eigenvalue weighted by atomic mass is 10.1. The summed E-state index contributed by atoms with van der Waals surface area (Å²) >= 11 is 0. The molecule has 1 amide bonds. The Morgan fingerprint density at radius 2 is 1.94 bits per heavy atom. The molecule has 1 aliphatic rings. The number of carbonyl (C=O) groups is 2. The number of likely N-dealkylation sites (tertiary alicyclic amines) is 1. The van der Waals surface area contributed by atoms with Gasteiger partial charge in [-0.3, -0.25) is 4.79 Å². The van der Waals surface area contributed by atoms with E-state index in [1.54, 1.807) is 24.7 Å². The van der Waals surface area contributed by atoms with Crippen molar-refractivity contribution in [1.29, 1.82) is 0 Å². The largest absolute Gasteiger partial charge is 0.478 e. The lowest BCUT2D eigenvalue weighted by molar-refractivity contribution is -0.129. The van der Waals surface area contributed by atoms with Gasteiger partial charge in [-0.05, 0) is 25.3 Å². The number of hydrogen-bond acceptors (Lipinski definition) is 2. The van der Waals surface area contributed by atoms with E-state index in [-0.39, 0.29) is 17.9 Å². The first-order valence-corrected chi connectivity index (χ1v) is 6.16. The van der Waals surface area contributed by atoms with E-state index in [4.69, 9.17) is 0 Å². The minimum atomic E-state index is -0.961. The molecule has 0 aromatic carbocycles. The van der Waals surface area contributed by atoms with Gasteiger partial charge in [-0.25, -0.2) is 4.79 Å². The van der Waals surface area contributed by atoms with Crippen molar-refractivity contribution in [3.63, 3.8) is 0 Å². The third kappa shape index (κ3) is 2.25. The molecule has 0 bridgehead atoms. The topological polar surface area (TPSA) is 62.5 Å². The fourth-order valence-corrected chi connectivity index (χ4v) is 2.56. The van der Waals surface area contributed by atoms with E-state index >= 15 is 0 Å². The van der Waals surface area contributed by atoms with Crippen LogP contribution in [-0.4, -0.2) is 39.5 Å². The Morgan fingerprint density at radius 3 is 2.50 bits per heavy atom. The number of aromatic carboxylic acids is 1. The van der Waals surface area contributed by atoms with Crippen LogP contribution in [0.1, 0.15) is 34.5 Å². The average Bonchev–Trinajstić information content (AvgIpc) is 2.87. The third-order valence-electron chi connectivity index (χ3n) is 3.49. The molecule has 0 atom stereocenters. The van der Waals surface area contributed by atoms with Crippen LogP contribution in [0.15, 0.2) is 6.20 Å². The second-order valence-electron chi connectivity index (χ2n) is 4.81. The van der Waals surface area contributed by atoms with Crippen LogP contribution < -0.4 is 0 Å². The summed E-state index contributed by atoms with van der Waals surface area (Å²) in [6.07, 6.45) is 4.02. The fourth-order valence-electron chi connectivity index (χ4n) is 2.56. The highest BCUT2D eigenvalue weighted by Crippen LogP contribution is 2.18. The first kappa shape index (κ1) is 12.7. The Kier molecular flexibility index (Phi) is 3.41. The second-order valence-corrected chi connectivity index (χ2v) is 4.81. The molecule has 0 aliphatic carbocycles. The maximum atomic E-state index is 12.1. The van der Waals surface area contributed by atoms with Gasteiger partial charge in [0.05, 0.1) is 12.0 Å². The normalized spacial score (nSPS) is 15.1. The SMILES string of the molecule is Cc1cn(C)c(CC(=O)N2CCCC2)c1C(=O)O. The van der Waals surface area contributed by atoms with E-state index in [1.807, 2.05) is 4.90 Å². The molecule has 1 aromatic heterocycles. The van der Waals surface area contributed by atoms with Gasteiger partial charge in [-0.2, -0.15) is 0 Å². The quantitative estimate of drug-likeness (QED) is 0.876. The minimum Gasteiger partial charge on any atom is -0.478 e. The van der Waals surface area contributed by atoms with Crippen molar-refractivity contribution in [3.8, 4) is 0 Å². The summed E-state index contributed by atoms with van der Waals surface area (Å²) in [6.45, 7) is 3.35. The van der Waals surface area contributed by atoms with Crippen molar-refractivity contribution >= 4 is 11.9 Å². The number of nitrogens with zero attached hydrogens (tertiary/aromatic N) is 2. The number of carbonyl (C=O) groups excluding carboxylic acids is 1. The standard InChI is InChI=1S/C13H18N2O3/c1-9-8-14(2)10(12(9)13(17)18)7-11(16)15-5-3-4-6-15/h8H,3-7H2,1-2H3,(H,17,18). The molecule has 0 spiro atoms. The van der Waals surface area contributed by atoms with E-state index in [2.05, 4.69) is 0 Å². The van der Waals surface area contributed by atoms with Gasteiger partial charge in [0.2, 0.25) is 5.91 Å². The monoisotopic (exact) mass is 250 g/mol. The van der Waals surface area contributed by atoms with Crippen LogP contribution in [-0.2, 0) is 18.3 Å². The van der Waals surface area contributed by atoms with Crippen LogP contribution >= 0.6 is 0 Å². The summed E-state index contributed by atoms with van der Waals surface area (Å²) < 4.78 is 1.74. The van der Waals surface area contributed by atoms with E-state index in [0.29, 0.717) is 11.3 Å². The molecule has 1 aliphatic heterocycles. The van der Waals surface area contributed by atoms with Gasteiger partial charge in [-0.15, -0.1) is 0 Å². The van der Waals surface area contributed by atoms with Gasteiger partial charge in [0.15, 0.2) is 0 Å². The lowest BCUT2D eigenvalue weighted by Crippen LogP contribution is -2.30. The Morgan fingerprint density at radius 1 is 1.33 bits per heavy atom. The van der Waals surface area contributed by atoms with Crippen molar-refractivity contribution in [1.82, 2.24) is 9.47 Å². The van der Waals surface area contributed by atoms with Gasteiger partial charge in [0.1, 0.15) is 0 Å². The number of rotatable bonds is 3. The van der Waals surface area contributed by atoms with Crippen LogP contribution in [0.3, 0.4) is 0 Å². The van der Waals surface area contributed by atoms with Crippen molar-refractivity contribution < 1.29 is 14.7 Å². The molecule has 5 heteroatoms. The Balaban J connectivity index is 2.22. The molecule has 2 heterocycles. The van der Waals surface area contributed by atoms with Gasteiger partial charge in [0, 0.05) is 32.0 Å². The minimum absolute atomic E-state index is 0.0243. The van der Waals surface area contributed by atoms with Gasteiger partial charge in [-0.1, -0.05) is 0 Å². The zero-order chi connectivity index (χ0) is 13.3. The highest BCUT2D eigenvalue weighted by atomic mass is 16.4. The molecule has 0 unspecified atom stereocenters. The first-order chi connectivity index (χ1) is 8.50. The first-order valence-electron chi connectivity index (χ1n) is 6.16. The van der Waals surface area contributed by atoms with E-state index in [1.165, 1.54) is 0 Å². The zero-order valence-electron chi connectivity index (χ0n) is 10.8. The molecular formula is C13H18N2O3. The van der Waals surface area contributed by atoms with Gasteiger partial charge in [0.25, 0.3) is 0 Å². The van der Waals surface area contributed by atoms with E-state index in [9.17, 15) is 14.7 Å². The van der Waals surface area contributed by atoms with Crippen LogP contribution in [0.25, 0.3) is 0 Å². The summed E-state index contributed by atoms with van der Waals surface area (Å²) in [5, 5.41) is 9.20. The number of amides is 1. The molecule has 98 valence electrons. The Bertz CT molecular complexity index is 485. The predicted octanol–water partition coefficient (Wildman–Crippen LogP) is 1.20. The Hall–Kier alpha value is -1.78. The molecule has 1 N–H and O–H groups in total. The molecule has 1 saturated heterocycles. The Labute approximate surface area is 106 Å². The van der Waals surface area contributed by atoms with Crippen LogP contribution in [0.4, 0.5) is 0 Å². The average molecular weight is 250 g/mol. The van der Waals surface area contributed by atoms with Crippen molar-refractivity contribution in [3.05, 3.63) is 23.0 Å². The molecule has 5 nitrogen and oxygen atoms in total. The van der Waals surface area contributed by atoms with Crippen molar-refractivity contribution in [2.45, 2.75) is 26.2 Å². The maximum Gasteiger partial charge on any atom is 0.337 e. The van der Waals surface area contributed by atoms with E-state index < -0.39 is 5.97 Å².